The van der Waals surface area contributed by atoms with E-state index in [2.05, 4.69) is 4.98 Å². The Balaban J connectivity index is 2.92. The van der Waals surface area contributed by atoms with Gasteiger partial charge in [0.25, 0.3) is 0 Å². The quantitative estimate of drug-likeness (QED) is 0.776. The molecule has 2 N–H and O–H groups in total. The molecule has 2 rings (SSSR count). The number of rotatable bonds is 1. The van der Waals surface area contributed by atoms with Gasteiger partial charge in [0.15, 0.2) is 5.43 Å². The van der Waals surface area contributed by atoms with E-state index < -0.39 is 5.97 Å². The predicted octanol–water partition coefficient (Wildman–Crippen LogP) is 1.88. The van der Waals surface area contributed by atoms with Crippen LogP contribution in [0.3, 0.4) is 0 Å². The molecule has 76 valence electrons. The van der Waals surface area contributed by atoms with Crippen LogP contribution >= 0.6 is 11.6 Å². The first-order valence-electron chi connectivity index (χ1n) is 4.14. The van der Waals surface area contributed by atoms with Crippen molar-refractivity contribution in [3.8, 4) is 0 Å². The highest BCUT2D eigenvalue weighted by Crippen LogP contribution is 2.18. The average Bonchev–Trinajstić information content (AvgIpc) is 2.19. The zero-order valence-electron chi connectivity index (χ0n) is 7.45. The van der Waals surface area contributed by atoms with Gasteiger partial charge in [0.1, 0.15) is 5.69 Å². The Morgan fingerprint density at radius 2 is 2.13 bits per heavy atom. The number of carboxylic acid groups (broad SMARTS) is 1. The van der Waals surface area contributed by atoms with Gasteiger partial charge in [-0.1, -0.05) is 17.7 Å². The summed E-state index contributed by atoms with van der Waals surface area (Å²) in [6, 6.07) is 5.86. The summed E-state index contributed by atoms with van der Waals surface area (Å²) in [7, 11) is 0. The Morgan fingerprint density at radius 1 is 1.40 bits per heavy atom. The van der Waals surface area contributed by atoms with E-state index in [4.69, 9.17) is 16.7 Å². The van der Waals surface area contributed by atoms with Crippen LogP contribution in [-0.4, -0.2) is 16.1 Å². The number of aromatic carboxylic acids is 1. The van der Waals surface area contributed by atoms with E-state index in [1.165, 1.54) is 0 Å². The van der Waals surface area contributed by atoms with E-state index in [0.717, 1.165) is 6.07 Å². The van der Waals surface area contributed by atoms with Gasteiger partial charge in [-0.2, -0.15) is 0 Å². The lowest BCUT2D eigenvalue weighted by Crippen LogP contribution is -2.09. The van der Waals surface area contributed by atoms with Crippen LogP contribution in [0.25, 0.3) is 10.9 Å². The minimum Gasteiger partial charge on any atom is -0.477 e. The maximum atomic E-state index is 11.5. The molecule has 0 aliphatic heterocycles. The van der Waals surface area contributed by atoms with Crippen molar-refractivity contribution in [1.82, 2.24) is 4.98 Å². The number of pyridine rings is 1. The summed E-state index contributed by atoms with van der Waals surface area (Å²) < 4.78 is 0. The zero-order valence-corrected chi connectivity index (χ0v) is 8.21. The third kappa shape index (κ3) is 1.59. The van der Waals surface area contributed by atoms with Crippen molar-refractivity contribution in [2.45, 2.75) is 0 Å². The van der Waals surface area contributed by atoms with Crippen LogP contribution < -0.4 is 5.43 Å². The van der Waals surface area contributed by atoms with E-state index in [1.807, 2.05) is 0 Å². The Kier molecular flexibility index (Phi) is 2.21. The number of carbonyl (C=O) groups is 1. The topological polar surface area (TPSA) is 70.2 Å². The lowest BCUT2D eigenvalue weighted by Gasteiger charge is -2.01. The molecule has 1 aromatic carbocycles. The monoisotopic (exact) mass is 223 g/mol. The van der Waals surface area contributed by atoms with Crippen molar-refractivity contribution in [3.05, 3.63) is 45.2 Å². The number of benzene rings is 1. The van der Waals surface area contributed by atoms with Gasteiger partial charge < -0.3 is 10.1 Å². The standard InChI is InChI=1S/C10H6ClNO3/c11-6-3-1-2-5-8(13)4-7(10(14)15)12-9(5)6/h1-4H,(H,12,13)(H,14,15). The minimum atomic E-state index is -1.19. The van der Waals surface area contributed by atoms with Crippen LogP contribution in [0.5, 0.6) is 0 Å². The number of fused-ring (bicyclic) bond motifs is 1. The summed E-state index contributed by atoms with van der Waals surface area (Å²) in [6.07, 6.45) is 0. The summed E-state index contributed by atoms with van der Waals surface area (Å²) in [5.74, 6) is -1.19. The molecule has 0 fully saturated rings. The van der Waals surface area contributed by atoms with Gasteiger partial charge >= 0.3 is 5.97 Å². The molecule has 0 radical (unpaired) electrons. The number of hydrogen-bond acceptors (Lipinski definition) is 2. The summed E-state index contributed by atoms with van der Waals surface area (Å²) in [4.78, 5) is 24.8. The third-order valence-corrected chi connectivity index (χ3v) is 2.36. The molecule has 0 unspecified atom stereocenters. The van der Waals surface area contributed by atoms with Crippen LogP contribution in [0.1, 0.15) is 10.5 Å². The number of H-pyrrole nitrogens is 1. The maximum Gasteiger partial charge on any atom is 0.352 e. The van der Waals surface area contributed by atoms with Gasteiger partial charge in [-0.05, 0) is 12.1 Å². The smallest absolute Gasteiger partial charge is 0.352 e. The Morgan fingerprint density at radius 3 is 2.80 bits per heavy atom. The van der Waals surface area contributed by atoms with Crippen LogP contribution in [0.4, 0.5) is 0 Å². The molecule has 0 amide bonds. The van der Waals surface area contributed by atoms with Gasteiger partial charge in [-0.3, -0.25) is 4.79 Å². The fourth-order valence-corrected chi connectivity index (χ4v) is 1.57. The van der Waals surface area contributed by atoms with Crippen molar-refractivity contribution >= 4 is 28.5 Å². The molecule has 0 aliphatic rings. The second kappa shape index (κ2) is 3.40. The molecule has 0 bridgehead atoms. The normalized spacial score (nSPS) is 10.5. The van der Waals surface area contributed by atoms with Gasteiger partial charge in [-0.15, -0.1) is 0 Å². The second-order valence-corrected chi connectivity index (χ2v) is 3.42. The molecule has 0 saturated carbocycles. The van der Waals surface area contributed by atoms with Crippen LogP contribution in [-0.2, 0) is 0 Å². The van der Waals surface area contributed by atoms with Gasteiger partial charge in [-0.25, -0.2) is 4.79 Å². The van der Waals surface area contributed by atoms with Crippen molar-refractivity contribution in [3.63, 3.8) is 0 Å². The van der Waals surface area contributed by atoms with E-state index in [1.54, 1.807) is 18.2 Å². The molecule has 0 aliphatic carbocycles. The highest BCUT2D eigenvalue weighted by Gasteiger charge is 2.09. The Bertz CT molecular complexity index is 603. The lowest BCUT2D eigenvalue weighted by atomic mass is 10.2. The predicted molar refractivity (Wildman–Crippen MR) is 56.5 cm³/mol. The first kappa shape index (κ1) is 9.73. The van der Waals surface area contributed by atoms with Crippen LogP contribution in [0.15, 0.2) is 29.1 Å². The maximum absolute atomic E-state index is 11.5. The Hall–Kier alpha value is -1.81. The number of hydrogen-bond donors (Lipinski definition) is 2. The summed E-state index contributed by atoms with van der Waals surface area (Å²) >= 11 is 5.84. The summed E-state index contributed by atoms with van der Waals surface area (Å²) in [5.41, 5.74) is -0.173. The van der Waals surface area contributed by atoms with Crippen molar-refractivity contribution in [2.24, 2.45) is 0 Å². The molecular weight excluding hydrogens is 218 g/mol. The van der Waals surface area contributed by atoms with Gasteiger partial charge in [0.05, 0.1) is 10.5 Å². The molecular formula is C10H6ClNO3. The van der Waals surface area contributed by atoms with Crippen molar-refractivity contribution in [2.75, 3.05) is 0 Å². The highest BCUT2D eigenvalue weighted by molar-refractivity contribution is 6.35. The first-order chi connectivity index (χ1) is 7.09. The summed E-state index contributed by atoms with van der Waals surface area (Å²) in [5, 5.41) is 9.45. The van der Waals surface area contributed by atoms with Gasteiger partial charge in [0, 0.05) is 11.5 Å². The fraction of sp³-hybridized carbons (Fsp3) is 0. The minimum absolute atomic E-state index is 0.166. The molecule has 0 spiro atoms. The van der Waals surface area contributed by atoms with E-state index in [0.29, 0.717) is 15.9 Å². The molecule has 4 nitrogen and oxygen atoms in total. The third-order valence-electron chi connectivity index (χ3n) is 2.04. The van der Waals surface area contributed by atoms with E-state index in [9.17, 15) is 9.59 Å². The molecule has 5 heteroatoms. The summed E-state index contributed by atoms with van der Waals surface area (Å²) in [6.45, 7) is 0. The van der Waals surface area contributed by atoms with Gasteiger partial charge in [0.2, 0.25) is 0 Å². The average molecular weight is 224 g/mol. The number of aromatic nitrogens is 1. The fourth-order valence-electron chi connectivity index (χ4n) is 1.35. The highest BCUT2D eigenvalue weighted by atomic mass is 35.5. The number of halogens is 1. The first-order valence-corrected chi connectivity index (χ1v) is 4.52. The van der Waals surface area contributed by atoms with E-state index >= 15 is 0 Å². The zero-order chi connectivity index (χ0) is 11.0. The largest absolute Gasteiger partial charge is 0.477 e. The molecule has 2 aromatic rings. The van der Waals surface area contributed by atoms with Crippen molar-refractivity contribution < 1.29 is 9.90 Å². The molecule has 15 heavy (non-hydrogen) atoms. The van der Waals surface area contributed by atoms with E-state index in [-0.39, 0.29) is 11.1 Å². The number of carboxylic acids is 1. The Labute approximate surface area is 89.1 Å². The van der Waals surface area contributed by atoms with Crippen LogP contribution in [0.2, 0.25) is 5.02 Å². The molecule has 0 atom stereocenters. The molecule has 1 heterocycles. The number of para-hydroxylation sites is 1. The SMILES string of the molecule is O=C(O)c1cc(=O)c2cccc(Cl)c2[nH]1. The lowest BCUT2D eigenvalue weighted by molar-refractivity contribution is 0.0691. The molecule has 1 aromatic heterocycles. The molecule has 0 saturated heterocycles. The van der Waals surface area contributed by atoms with Crippen LogP contribution in [0, 0.1) is 0 Å². The second-order valence-electron chi connectivity index (χ2n) is 3.01. The van der Waals surface area contributed by atoms with Crippen molar-refractivity contribution in [1.29, 1.82) is 0 Å². The number of aromatic amines is 1. The number of nitrogens with one attached hydrogen (secondary N) is 1.